The number of rotatable bonds is 4. The Labute approximate surface area is 121 Å². The third kappa shape index (κ3) is 3.45. The van der Waals surface area contributed by atoms with E-state index in [2.05, 4.69) is 20.6 Å². The molecule has 0 aliphatic heterocycles. The highest BCUT2D eigenvalue weighted by Gasteiger charge is 2.15. The van der Waals surface area contributed by atoms with Crippen LogP contribution >= 0.6 is 0 Å². The summed E-state index contributed by atoms with van der Waals surface area (Å²) in [6.07, 6.45) is 6.34. The van der Waals surface area contributed by atoms with Crippen molar-refractivity contribution in [1.29, 1.82) is 0 Å². The minimum atomic E-state index is -0.673. The molecule has 1 heterocycles. The fourth-order valence-corrected chi connectivity index (χ4v) is 2.49. The lowest BCUT2D eigenvalue weighted by molar-refractivity contribution is 0.586. The highest BCUT2D eigenvalue weighted by Crippen LogP contribution is 2.22. The summed E-state index contributed by atoms with van der Waals surface area (Å²) in [6, 6.07) is 5.56. The zero-order chi connectivity index (χ0) is 14.7. The van der Waals surface area contributed by atoms with E-state index in [0.717, 1.165) is 18.9 Å². The molecule has 0 unspecified atom stereocenters. The van der Waals surface area contributed by atoms with Gasteiger partial charge in [0.05, 0.1) is 5.69 Å². The van der Waals surface area contributed by atoms with Crippen molar-refractivity contribution in [2.75, 3.05) is 10.6 Å². The standard InChI is InChI=1S/C15H16F2N4/c16-10-5-6-13(12(17)9-10)20-15-18-8-7-14(21-15)19-11-3-1-2-4-11/h5-9,11H,1-4H2,(H2,18,19,20,21). The van der Waals surface area contributed by atoms with Gasteiger partial charge in [-0.2, -0.15) is 4.98 Å². The van der Waals surface area contributed by atoms with E-state index in [1.54, 1.807) is 12.3 Å². The molecule has 0 amide bonds. The number of benzene rings is 1. The highest BCUT2D eigenvalue weighted by molar-refractivity contribution is 5.55. The molecule has 2 aromatic rings. The van der Waals surface area contributed by atoms with Crippen LogP contribution in [0.1, 0.15) is 25.7 Å². The van der Waals surface area contributed by atoms with E-state index in [0.29, 0.717) is 11.9 Å². The molecule has 1 aliphatic carbocycles. The number of hydrogen-bond acceptors (Lipinski definition) is 4. The van der Waals surface area contributed by atoms with Crippen LogP contribution in [0.2, 0.25) is 0 Å². The van der Waals surface area contributed by atoms with Gasteiger partial charge in [-0.05, 0) is 31.0 Å². The lowest BCUT2D eigenvalue weighted by Crippen LogP contribution is -2.16. The van der Waals surface area contributed by atoms with Crippen LogP contribution in [-0.4, -0.2) is 16.0 Å². The Morgan fingerprint density at radius 1 is 1.10 bits per heavy atom. The number of hydrogen-bond donors (Lipinski definition) is 2. The summed E-state index contributed by atoms with van der Waals surface area (Å²) in [5.41, 5.74) is 0.148. The van der Waals surface area contributed by atoms with E-state index in [1.807, 2.05) is 0 Å². The van der Waals surface area contributed by atoms with Gasteiger partial charge in [-0.15, -0.1) is 0 Å². The summed E-state index contributed by atoms with van der Waals surface area (Å²) in [7, 11) is 0. The molecule has 0 radical (unpaired) electrons. The molecule has 0 spiro atoms. The molecule has 1 aromatic carbocycles. The molecule has 2 N–H and O–H groups in total. The Kier molecular flexibility index (Phi) is 3.94. The molecule has 4 nitrogen and oxygen atoms in total. The lowest BCUT2D eigenvalue weighted by atomic mass is 10.2. The first-order chi connectivity index (χ1) is 10.2. The van der Waals surface area contributed by atoms with Crippen molar-refractivity contribution in [2.24, 2.45) is 0 Å². The Morgan fingerprint density at radius 2 is 1.90 bits per heavy atom. The second kappa shape index (κ2) is 6.03. The van der Waals surface area contributed by atoms with E-state index in [-0.39, 0.29) is 11.6 Å². The predicted octanol–water partition coefficient (Wildman–Crippen LogP) is 3.85. The Morgan fingerprint density at radius 3 is 2.67 bits per heavy atom. The highest BCUT2D eigenvalue weighted by atomic mass is 19.1. The molecule has 3 rings (SSSR count). The average Bonchev–Trinajstić information content (AvgIpc) is 2.95. The largest absolute Gasteiger partial charge is 0.367 e. The van der Waals surface area contributed by atoms with Gasteiger partial charge in [0.1, 0.15) is 17.5 Å². The molecule has 1 saturated carbocycles. The summed E-state index contributed by atoms with van der Waals surface area (Å²) in [4.78, 5) is 8.35. The number of halogens is 2. The van der Waals surface area contributed by atoms with Crippen LogP contribution in [0.4, 0.5) is 26.2 Å². The maximum absolute atomic E-state index is 13.6. The van der Waals surface area contributed by atoms with Crippen LogP contribution in [0, 0.1) is 11.6 Å². The van der Waals surface area contributed by atoms with Gasteiger partial charge in [0.15, 0.2) is 0 Å². The van der Waals surface area contributed by atoms with Crippen molar-refractivity contribution in [3.63, 3.8) is 0 Å². The fraction of sp³-hybridized carbons (Fsp3) is 0.333. The summed E-state index contributed by atoms with van der Waals surface area (Å²) >= 11 is 0. The molecule has 1 fully saturated rings. The van der Waals surface area contributed by atoms with Gasteiger partial charge in [0.2, 0.25) is 5.95 Å². The maximum atomic E-state index is 13.6. The van der Waals surface area contributed by atoms with E-state index >= 15 is 0 Å². The molecule has 21 heavy (non-hydrogen) atoms. The minimum Gasteiger partial charge on any atom is -0.367 e. The predicted molar refractivity (Wildman–Crippen MR) is 77.6 cm³/mol. The SMILES string of the molecule is Fc1ccc(Nc2nccc(NC3CCCC3)n2)c(F)c1. The average molecular weight is 290 g/mol. The van der Waals surface area contributed by atoms with E-state index < -0.39 is 11.6 Å². The van der Waals surface area contributed by atoms with Crippen molar-refractivity contribution in [2.45, 2.75) is 31.7 Å². The molecular formula is C15H16F2N4. The molecule has 0 saturated heterocycles. The second-order valence-electron chi connectivity index (χ2n) is 5.14. The molecule has 0 atom stereocenters. The van der Waals surface area contributed by atoms with Gasteiger partial charge in [-0.25, -0.2) is 13.8 Å². The van der Waals surface area contributed by atoms with Gasteiger partial charge >= 0.3 is 0 Å². The van der Waals surface area contributed by atoms with E-state index in [1.165, 1.54) is 25.0 Å². The molecule has 110 valence electrons. The second-order valence-corrected chi connectivity index (χ2v) is 5.14. The number of anilines is 3. The fourth-order valence-electron chi connectivity index (χ4n) is 2.49. The monoisotopic (exact) mass is 290 g/mol. The normalized spacial score (nSPS) is 15.1. The third-order valence-electron chi connectivity index (χ3n) is 3.54. The number of nitrogens with one attached hydrogen (secondary N) is 2. The van der Waals surface area contributed by atoms with Crippen LogP contribution in [-0.2, 0) is 0 Å². The third-order valence-corrected chi connectivity index (χ3v) is 3.54. The summed E-state index contributed by atoms with van der Waals surface area (Å²) in [5, 5.41) is 6.11. The zero-order valence-electron chi connectivity index (χ0n) is 11.4. The lowest BCUT2D eigenvalue weighted by Gasteiger charge is -2.13. The Bertz CT molecular complexity index is 627. The molecular weight excluding hydrogens is 274 g/mol. The first-order valence-electron chi connectivity index (χ1n) is 7.02. The molecule has 6 heteroatoms. The molecule has 1 aliphatic rings. The van der Waals surface area contributed by atoms with E-state index in [4.69, 9.17) is 0 Å². The summed E-state index contributed by atoms with van der Waals surface area (Å²) < 4.78 is 26.5. The van der Waals surface area contributed by atoms with Gasteiger partial charge in [0, 0.05) is 18.3 Å². The van der Waals surface area contributed by atoms with Crippen LogP contribution in [0.3, 0.4) is 0 Å². The first kappa shape index (κ1) is 13.7. The maximum Gasteiger partial charge on any atom is 0.229 e. The smallest absolute Gasteiger partial charge is 0.229 e. The van der Waals surface area contributed by atoms with Crippen molar-refractivity contribution < 1.29 is 8.78 Å². The van der Waals surface area contributed by atoms with Gasteiger partial charge in [-0.3, -0.25) is 0 Å². The van der Waals surface area contributed by atoms with E-state index in [9.17, 15) is 8.78 Å². The Balaban J connectivity index is 1.73. The number of nitrogens with zero attached hydrogens (tertiary/aromatic N) is 2. The summed E-state index contributed by atoms with van der Waals surface area (Å²) in [6.45, 7) is 0. The van der Waals surface area contributed by atoms with Crippen molar-refractivity contribution in [1.82, 2.24) is 9.97 Å². The van der Waals surface area contributed by atoms with Gasteiger partial charge < -0.3 is 10.6 Å². The van der Waals surface area contributed by atoms with Crippen LogP contribution < -0.4 is 10.6 Å². The van der Waals surface area contributed by atoms with Crippen LogP contribution in [0.5, 0.6) is 0 Å². The van der Waals surface area contributed by atoms with Crippen LogP contribution in [0.25, 0.3) is 0 Å². The van der Waals surface area contributed by atoms with Crippen molar-refractivity contribution >= 4 is 17.5 Å². The quantitative estimate of drug-likeness (QED) is 0.898. The Hall–Kier alpha value is -2.24. The molecule has 1 aromatic heterocycles. The zero-order valence-corrected chi connectivity index (χ0v) is 11.4. The number of aromatic nitrogens is 2. The molecule has 0 bridgehead atoms. The van der Waals surface area contributed by atoms with Crippen LogP contribution in [0.15, 0.2) is 30.5 Å². The topological polar surface area (TPSA) is 49.8 Å². The van der Waals surface area contributed by atoms with Gasteiger partial charge in [0.25, 0.3) is 0 Å². The minimum absolute atomic E-state index is 0.148. The summed E-state index contributed by atoms with van der Waals surface area (Å²) in [5.74, 6) is -0.297. The van der Waals surface area contributed by atoms with Crippen molar-refractivity contribution in [3.8, 4) is 0 Å². The van der Waals surface area contributed by atoms with Gasteiger partial charge in [-0.1, -0.05) is 12.8 Å². The first-order valence-corrected chi connectivity index (χ1v) is 7.02. The van der Waals surface area contributed by atoms with Crippen molar-refractivity contribution in [3.05, 3.63) is 42.1 Å².